The molecular weight excluding hydrogens is 383 g/mol. The number of rotatable bonds is 6. The number of aromatic nitrogens is 1. The Morgan fingerprint density at radius 3 is 2.82 bits per heavy atom. The average Bonchev–Trinajstić information content (AvgIpc) is 3.26. The number of halogens is 1. The fraction of sp³-hybridized carbons (Fsp3) is 0.421. The third kappa shape index (κ3) is 4.65. The summed E-state index contributed by atoms with van der Waals surface area (Å²) < 4.78 is 13.3. The number of hydrogen-bond acceptors (Lipinski definition) is 7. The number of anilines is 1. The van der Waals surface area contributed by atoms with Gasteiger partial charge in [0.15, 0.2) is 6.10 Å². The Morgan fingerprint density at radius 2 is 2.18 bits per heavy atom. The molecule has 0 unspecified atom stereocenters. The Labute approximate surface area is 166 Å². The molecule has 0 spiro atoms. The lowest BCUT2D eigenvalue weighted by Crippen LogP contribution is -2.43. The zero-order valence-electron chi connectivity index (χ0n) is 15.1. The number of carbonyl (C=O) groups excluding carboxylic acids is 1. The SMILES string of the molecule is N#Cc1cc(F)ccc1N1CCC(CNC(=O)[C@H](O)[C@@H](O)c2nccs2)CC1. The summed E-state index contributed by atoms with van der Waals surface area (Å²) in [5.41, 5.74) is 1.03. The van der Waals surface area contributed by atoms with Crippen LogP contribution >= 0.6 is 11.3 Å². The van der Waals surface area contributed by atoms with Crippen molar-refractivity contribution in [1.82, 2.24) is 10.3 Å². The van der Waals surface area contributed by atoms with E-state index in [1.807, 2.05) is 11.0 Å². The van der Waals surface area contributed by atoms with E-state index in [1.165, 1.54) is 29.7 Å². The number of nitriles is 1. The van der Waals surface area contributed by atoms with E-state index >= 15 is 0 Å². The molecule has 1 saturated heterocycles. The summed E-state index contributed by atoms with van der Waals surface area (Å²) in [5.74, 6) is -0.845. The van der Waals surface area contributed by atoms with E-state index in [-0.39, 0.29) is 5.92 Å². The number of piperidine rings is 1. The molecule has 3 rings (SSSR count). The average molecular weight is 404 g/mol. The molecule has 0 aliphatic carbocycles. The Kier molecular flexibility index (Phi) is 6.57. The van der Waals surface area contributed by atoms with Gasteiger partial charge in [0.25, 0.3) is 5.91 Å². The highest BCUT2D eigenvalue weighted by atomic mass is 32.1. The van der Waals surface area contributed by atoms with Crippen molar-refractivity contribution in [2.75, 3.05) is 24.5 Å². The summed E-state index contributed by atoms with van der Waals surface area (Å²) in [5, 5.41) is 33.8. The molecule has 2 atom stereocenters. The number of hydrogen-bond donors (Lipinski definition) is 3. The van der Waals surface area contributed by atoms with Crippen molar-refractivity contribution >= 4 is 22.9 Å². The topological polar surface area (TPSA) is 109 Å². The Balaban J connectivity index is 1.48. The van der Waals surface area contributed by atoms with Gasteiger partial charge < -0.3 is 20.4 Å². The third-order valence-electron chi connectivity index (χ3n) is 4.87. The molecule has 1 amide bonds. The summed E-state index contributed by atoms with van der Waals surface area (Å²) in [7, 11) is 0. The second-order valence-electron chi connectivity index (χ2n) is 6.71. The van der Waals surface area contributed by atoms with Gasteiger partial charge in [-0.3, -0.25) is 4.79 Å². The molecule has 9 heteroatoms. The van der Waals surface area contributed by atoms with Crippen LogP contribution in [0, 0.1) is 23.1 Å². The van der Waals surface area contributed by atoms with Gasteiger partial charge in [-0.25, -0.2) is 9.37 Å². The molecule has 0 radical (unpaired) electrons. The summed E-state index contributed by atoms with van der Waals surface area (Å²) >= 11 is 1.17. The molecule has 1 fully saturated rings. The first-order valence-corrected chi connectivity index (χ1v) is 9.85. The summed E-state index contributed by atoms with van der Waals surface area (Å²) in [6.45, 7) is 1.76. The van der Waals surface area contributed by atoms with Crippen LogP contribution in [0.1, 0.15) is 29.5 Å². The maximum atomic E-state index is 13.3. The van der Waals surface area contributed by atoms with E-state index in [0.717, 1.165) is 12.8 Å². The highest BCUT2D eigenvalue weighted by molar-refractivity contribution is 7.09. The number of amides is 1. The fourth-order valence-electron chi connectivity index (χ4n) is 3.26. The van der Waals surface area contributed by atoms with Gasteiger partial charge in [-0.2, -0.15) is 5.26 Å². The zero-order chi connectivity index (χ0) is 20.1. The van der Waals surface area contributed by atoms with Crippen molar-refractivity contribution in [3.63, 3.8) is 0 Å². The maximum absolute atomic E-state index is 13.3. The van der Waals surface area contributed by atoms with Crippen LogP contribution in [0.15, 0.2) is 29.8 Å². The molecule has 1 aliphatic heterocycles. The molecule has 1 aromatic heterocycles. The molecule has 3 N–H and O–H groups in total. The largest absolute Gasteiger partial charge is 0.383 e. The third-order valence-corrected chi connectivity index (χ3v) is 5.72. The number of nitrogens with one attached hydrogen (secondary N) is 1. The molecule has 0 bridgehead atoms. The van der Waals surface area contributed by atoms with Crippen molar-refractivity contribution in [3.05, 3.63) is 46.2 Å². The predicted molar refractivity (Wildman–Crippen MR) is 102 cm³/mol. The number of thiazole rings is 1. The van der Waals surface area contributed by atoms with E-state index in [0.29, 0.717) is 35.9 Å². The fourth-order valence-corrected chi connectivity index (χ4v) is 3.91. The molecule has 1 aliphatic rings. The van der Waals surface area contributed by atoms with Gasteiger partial charge in [0.1, 0.15) is 23.0 Å². The Morgan fingerprint density at radius 1 is 1.43 bits per heavy atom. The van der Waals surface area contributed by atoms with Crippen LogP contribution in [0.4, 0.5) is 10.1 Å². The van der Waals surface area contributed by atoms with Crippen molar-refractivity contribution < 1.29 is 19.4 Å². The van der Waals surface area contributed by atoms with Crippen LogP contribution in [-0.2, 0) is 4.79 Å². The quantitative estimate of drug-likeness (QED) is 0.674. The number of aliphatic hydroxyl groups excluding tert-OH is 2. The highest BCUT2D eigenvalue weighted by Gasteiger charge is 2.28. The van der Waals surface area contributed by atoms with E-state index in [9.17, 15) is 24.7 Å². The molecule has 0 saturated carbocycles. The Hall–Kier alpha value is -2.54. The van der Waals surface area contributed by atoms with Crippen LogP contribution in [-0.4, -0.2) is 46.8 Å². The molecule has 1 aromatic carbocycles. The normalized spacial score (nSPS) is 17.0. The summed E-state index contributed by atoms with van der Waals surface area (Å²) in [6.07, 6.45) is 0.162. The van der Waals surface area contributed by atoms with Crippen molar-refractivity contribution in [1.29, 1.82) is 5.26 Å². The number of aliphatic hydroxyl groups is 2. The van der Waals surface area contributed by atoms with Crippen LogP contribution < -0.4 is 10.2 Å². The van der Waals surface area contributed by atoms with Gasteiger partial charge in [0.2, 0.25) is 0 Å². The van der Waals surface area contributed by atoms with Crippen molar-refractivity contribution in [3.8, 4) is 6.07 Å². The molecule has 2 heterocycles. The van der Waals surface area contributed by atoms with Gasteiger partial charge in [0, 0.05) is 31.2 Å². The number of nitrogens with zero attached hydrogens (tertiary/aromatic N) is 3. The van der Waals surface area contributed by atoms with Crippen molar-refractivity contribution in [2.24, 2.45) is 5.92 Å². The minimum atomic E-state index is -1.57. The van der Waals surface area contributed by atoms with Crippen LogP contribution in [0.2, 0.25) is 0 Å². The van der Waals surface area contributed by atoms with Crippen LogP contribution in [0.25, 0.3) is 0 Å². The van der Waals surface area contributed by atoms with Gasteiger partial charge in [-0.15, -0.1) is 11.3 Å². The molecule has 2 aromatic rings. The highest BCUT2D eigenvalue weighted by Crippen LogP contribution is 2.26. The first-order chi connectivity index (χ1) is 13.5. The van der Waals surface area contributed by atoms with Gasteiger partial charge in [-0.05, 0) is 37.0 Å². The second-order valence-corrected chi connectivity index (χ2v) is 7.64. The summed E-state index contributed by atoms with van der Waals surface area (Å²) in [6, 6.07) is 6.22. The first kappa shape index (κ1) is 20.2. The summed E-state index contributed by atoms with van der Waals surface area (Å²) in [4.78, 5) is 18.0. The van der Waals surface area contributed by atoms with E-state index in [4.69, 9.17) is 0 Å². The second kappa shape index (κ2) is 9.10. The molecule has 7 nitrogen and oxygen atoms in total. The molecular formula is C19H21FN4O3S. The van der Waals surface area contributed by atoms with Crippen LogP contribution in [0.3, 0.4) is 0 Å². The van der Waals surface area contributed by atoms with E-state index in [2.05, 4.69) is 10.3 Å². The van der Waals surface area contributed by atoms with E-state index < -0.39 is 23.9 Å². The van der Waals surface area contributed by atoms with Gasteiger partial charge >= 0.3 is 0 Å². The number of carbonyl (C=O) groups is 1. The Bertz CT molecular complexity index is 847. The molecule has 148 valence electrons. The minimum Gasteiger partial charge on any atom is -0.383 e. The smallest absolute Gasteiger partial charge is 0.252 e. The number of benzene rings is 1. The lowest BCUT2D eigenvalue weighted by Gasteiger charge is -2.34. The monoisotopic (exact) mass is 404 g/mol. The lowest BCUT2D eigenvalue weighted by atomic mass is 9.95. The van der Waals surface area contributed by atoms with Crippen LogP contribution in [0.5, 0.6) is 0 Å². The standard InChI is InChI=1S/C19H21FN4O3S/c20-14-1-2-15(13(9-14)10-21)24-6-3-12(4-7-24)11-23-18(27)16(25)17(26)19-22-5-8-28-19/h1-2,5,8-9,12,16-17,25-26H,3-4,6-7,11H2,(H,23,27)/t16-,17-/m1/s1. The van der Waals surface area contributed by atoms with Gasteiger partial charge in [0.05, 0.1) is 11.3 Å². The zero-order valence-corrected chi connectivity index (χ0v) is 15.9. The molecule has 28 heavy (non-hydrogen) atoms. The maximum Gasteiger partial charge on any atom is 0.252 e. The van der Waals surface area contributed by atoms with Gasteiger partial charge in [-0.1, -0.05) is 0 Å². The predicted octanol–water partition coefficient (Wildman–Crippen LogP) is 1.58. The lowest BCUT2D eigenvalue weighted by molar-refractivity contribution is -0.135. The minimum absolute atomic E-state index is 0.218. The van der Waals surface area contributed by atoms with Crippen molar-refractivity contribution in [2.45, 2.75) is 25.0 Å². The van der Waals surface area contributed by atoms with E-state index in [1.54, 1.807) is 11.4 Å². The first-order valence-electron chi connectivity index (χ1n) is 8.97.